The Bertz CT molecular complexity index is 434. The SMILES string of the molecule is COC(=O)c1ccc(NC2CCNC2)cc1OC.Cl. The van der Waals surface area contributed by atoms with Gasteiger partial charge in [-0.1, -0.05) is 0 Å². The summed E-state index contributed by atoms with van der Waals surface area (Å²) < 4.78 is 9.92. The van der Waals surface area contributed by atoms with E-state index >= 15 is 0 Å². The molecule has 1 aromatic carbocycles. The topological polar surface area (TPSA) is 59.6 Å². The van der Waals surface area contributed by atoms with Crippen LogP contribution in [0.5, 0.6) is 5.75 Å². The van der Waals surface area contributed by atoms with Gasteiger partial charge in [0.15, 0.2) is 0 Å². The molecule has 106 valence electrons. The monoisotopic (exact) mass is 286 g/mol. The van der Waals surface area contributed by atoms with Crippen LogP contribution in [-0.4, -0.2) is 39.3 Å². The Morgan fingerprint density at radius 1 is 1.42 bits per heavy atom. The van der Waals surface area contributed by atoms with Crippen molar-refractivity contribution in [3.05, 3.63) is 23.8 Å². The number of carbonyl (C=O) groups is 1. The molecule has 0 amide bonds. The van der Waals surface area contributed by atoms with Gasteiger partial charge in [-0.2, -0.15) is 0 Å². The predicted molar refractivity (Wildman–Crippen MR) is 76.5 cm³/mol. The summed E-state index contributed by atoms with van der Waals surface area (Å²) in [5.74, 6) is 0.138. The van der Waals surface area contributed by atoms with Crippen molar-refractivity contribution >= 4 is 24.1 Å². The van der Waals surface area contributed by atoms with Gasteiger partial charge in [-0.15, -0.1) is 12.4 Å². The Hall–Kier alpha value is -1.46. The standard InChI is InChI=1S/C13H18N2O3.ClH/c1-17-12-7-9(15-10-5-6-14-8-10)3-4-11(12)13(16)18-2;/h3-4,7,10,14-15H,5-6,8H2,1-2H3;1H. The number of nitrogens with one attached hydrogen (secondary N) is 2. The lowest BCUT2D eigenvalue weighted by atomic mass is 10.1. The summed E-state index contributed by atoms with van der Waals surface area (Å²) in [4.78, 5) is 11.5. The van der Waals surface area contributed by atoms with E-state index in [1.165, 1.54) is 7.11 Å². The highest BCUT2D eigenvalue weighted by Gasteiger charge is 2.16. The van der Waals surface area contributed by atoms with E-state index in [9.17, 15) is 4.79 Å². The van der Waals surface area contributed by atoms with Crippen molar-refractivity contribution in [2.75, 3.05) is 32.6 Å². The van der Waals surface area contributed by atoms with Crippen LogP contribution in [-0.2, 0) is 4.74 Å². The van der Waals surface area contributed by atoms with Gasteiger partial charge in [0, 0.05) is 24.3 Å². The molecule has 5 nitrogen and oxygen atoms in total. The van der Waals surface area contributed by atoms with Crippen LogP contribution in [0.25, 0.3) is 0 Å². The van der Waals surface area contributed by atoms with Crippen molar-refractivity contribution in [1.82, 2.24) is 5.32 Å². The third-order valence-electron chi connectivity index (χ3n) is 3.04. The fourth-order valence-electron chi connectivity index (χ4n) is 2.07. The van der Waals surface area contributed by atoms with Crippen LogP contribution in [0.1, 0.15) is 16.8 Å². The molecule has 1 heterocycles. The molecular formula is C13H19ClN2O3. The first kappa shape index (κ1) is 15.6. The summed E-state index contributed by atoms with van der Waals surface area (Å²) in [6.45, 7) is 2.00. The van der Waals surface area contributed by atoms with Gasteiger partial charge in [-0.25, -0.2) is 4.79 Å². The number of carbonyl (C=O) groups excluding carboxylic acids is 1. The average molecular weight is 287 g/mol. The third kappa shape index (κ3) is 3.75. The van der Waals surface area contributed by atoms with Crippen molar-refractivity contribution in [2.45, 2.75) is 12.5 Å². The highest BCUT2D eigenvalue weighted by molar-refractivity contribution is 5.93. The second-order valence-corrected chi connectivity index (χ2v) is 4.24. The zero-order chi connectivity index (χ0) is 13.0. The van der Waals surface area contributed by atoms with Gasteiger partial charge in [0.1, 0.15) is 11.3 Å². The van der Waals surface area contributed by atoms with E-state index in [0.717, 1.165) is 25.2 Å². The van der Waals surface area contributed by atoms with Gasteiger partial charge in [-0.3, -0.25) is 0 Å². The van der Waals surface area contributed by atoms with Crippen molar-refractivity contribution in [1.29, 1.82) is 0 Å². The molecule has 0 radical (unpaired) electrons. The minimum absolute atomic E-state index is 0. The maximum absolute atomic E-state index is 11.5. The van der Waals surface area contributed by atoms with Gasteiger partial charge in [0.25, 0.3) is 0 Å². The van der Waals surface area contributed by atoms with Gasteiger partial charge in [0.2, 0.25) is 0 Å². The van der Waals surface area contributed by atoms with Crippen LogP contribution < -0.4 is 15.4 Å². The van der Waals surface area contributed by atoms with Crippen LogP contribution in [0.2, 0.25) is 0 Å². The summed E-state index contributed by atoms with van der Waals surface area (Å²) in [5, 5.41) is 6.70. The average Bonchev–Trinajstić information content (AvgIpc) is 2.90. The number of benzene rings is 1. The number of rotatable bonds is 4. The summed E-state index contributed by atoms with van der Waals surface area (Å²) >= 11 is 0. The smallest absolute Gasteiger partial charge is 0.341 e. The molecule has 2 rings (SSSR count). The van der Waals surface area contributed by atoms with Crippen LogP contribution in [0.15, 0.2) is 18.2 Å². The van der Waals surface area contributed by atoms with E-state index < -0.39 is 0 Å². The number of ether oxygens (including phenoxy) is 2. The normalized spacial score (nSPS) is 17.5. The third-order valence-corrected chi connectivity index (χ3v) is 3.04. The molecule has 6 heteroatoms. The predicted octanol–water partition coefficient (Wildman–Crippen LogP) is 1.68. The Morgan fingerprint density at radius 3 is 2.79 bits per heavy atom. The Labute approximate surface area is 119 Å². The molecule has 1 aromatic rings. The minimum Gasteiger partial charge on any atom is -0.496 e. The molecular weight excluding hydrogens is 268 g/mol. The molecule has 1 aliphatic heterocycles. The van der Waals surface area contributed by atoms with E-state index in [4.69, 9.17) is 9.47 Å². The van der Waals surface area contributed by atoms with Crippen LogP contribution >= 0.6 is 12.4 Å². The first-order valence-corrected chi connectivity index (χ1v) is 5.98. The van der Waals surface area contributed by atoms with E-state index in [2.05, 4.69) is 10.6 Å². The number of hydrogen-bond donors (Lipinski definition) is 2. The highest BCUT2D eigenvalue weighted by Crippen LogP contribution is 2.24. The number of methoxy groups -OCH3 is 2. The maximum Gasteiger partial charge on any atom is 0.341 e. The molecule has 1 unspecified atom stereocenters. The van der Waals surface area contributed by atoms with Gasteiger partial charge in [-0.05, 0) is 25.1 Å². The van der Waals surface area contributed by atoms with Crippen molar-refractivity contribution in [3.8, 4) is 5.75 Å². The second-order valence-electron chi connectivity index (χ2n) is 4.24. The quantitative estimate of drug-likeness (QED) is 0.825. The summed E-state index contributed by atoms with van der Waals surface area (Å²) in [5.41, 5.74) is 1.39. The number of anilines is 1. The van der Waals surface area contributed by atoms with Crippen LogP contribution in [0, 0.1) is 0 Å². The van der Waals surface area contributed by atoms with Gasteiger partial charge >= 0.3 is 5.97 Å². The number of esters is 1. The van der Waals surface area contributed by atoms with E-state index in [0.29, 0.717) is 17.4 Å². The van der Waals surface area contributed by atoms with Gasteiger partial charge in [0.05, 0.1) is 14.2 Å². The van der Waals surface area contributed by atoms with Crippen molar-refractivity contribution < 1.29 is 14.3 Å². The first-order chi connectivity index (χ1) is 8.74. The second kappa shape index (κ2) is 7.21. The Morgan fingerprint density at radius 2 is 2.21 bits per heavy atom. The minimum atomic E-state index is -0.388. The Kier molecular flexibility index (Phi) is 5.92. The molecule has 0 bridgehead atoms. The molecule has 1 aliphatic rings. The zero-order valence-electron chi connectivity index (χ0n) is 11.1. The van der Waals surface area contributed by atoms with Crippen LogP contribution in [0.4, 0.5) is 5.69 Å². The number of halogens is 1. The first-order valence-electron chi connectivity index (χ1n) is 5.98. The summed E-state index contributed by atoms with van der Waals surface area (Å²) in [6, 6.07) is 5.84. The molecule has 1 fully saturated rings. The molecule has 2 N–H and O–H groups in total. The van der Waals surface area contributed by atoms with Gasteiger partial charge < -0.3 is 20.1 Å². The van der Waals surface area contributed by atoms with E-state index in [1.54, 1.807) is 13.2 Å². The van der Waals surface area contributed by atoms with Crippen molar-refractivity contribution in [2.24, 2.45) is 0 Å². The molecule has 0 aliphatic carbocycles. The van der Waals surface area contributed by atoms with E-state index in [1.807, 2.05) is 12.1 Å². The number of hydrogen-bond acceptors (Lipinski definition) is 5. The maximum atomic E-state index is 11.5. The molecule has 1 saturated heterocycles. The molecule has 0 saturated carbocycles. The van der Waals surface area contributed by atoms with E-state index in [-0.39, 0.29) is 18.4 Å². The lowest BCUT2D eigenvalue weighted by Crippen LogP contribution is -2.22. The lowest BCUT2D eigenvalue weighted by molar-refractivity contribution is 0.0597. The lowest BCUT2D eigenvalue weighted by Gasteiger charge is -2.15. The fourth-order valence-corrected chi connectivity index (χ4v) is 2.07. The zero-order valence-corrected chi connectivity index (χ0v) is 11.9. The van der Waals surface area contributed by atoms with Crippen molar-refractivity contribution in [3.63, 3.8) is 0 Å². The highest BCUT2D eigenvalue weighted by atomic mass is 35.5. The molecule has 1 atom stereocenters. The largest absolute Gasteiger partial charge is 0.496 e. The fraction of sp³-hybridized carbons (Fsp3) is 0.462. The molecule has 19 heavy (non-hydrogen) atoms. The molecule has 0 spiro atoms. The summed E-state index contributed by atoms with van der Waals surface area (Å²) in [7, 11) is 2.90. The Balaban J connectivity index is 0.00000180. The molecule has 0 aromatic heterocycles. The van der Waals surface area contributed by atoms with Crippen LogP contribution in [0.3, 0.4) is 0 Å². The summed E-state index contributed by atoms with van der Waals surface area (Å²) in [6.07, 6.45) is 1.10.